The molecule has 1 aromatic rings. The third-order valence-electron chi connectivity index (χ3n) is 3.34. The Kier molecular flexibility index (Phi) is 4.59. The first-order valence-corrected chi connectivity index (χ1v) is 6.71. The molecule has 0 spiro atoms. The highest BCUT2D eigenvalue weighted by Gasteiger charge is 2.18. The Bertz CT molecular complexity index is 519. The maximum atomic E-state index is 12.2. The van der Waals surface area contributed by atoms with Gasteiger partial charge in [-0.3, -0.25) is 4.79 Å². The topological polar surface area (TPSA) is 49.3 Å². The van der Waals surface area contributed by atoms with Gasteiger partial charge >= 0.3 is 0 Å². The molecule has 2 rings (SSSR count). The van der Waals surface area contributed by atoms with E-state index in [9.17, 15) is 4.79 Å². The van der Waals surface area contributed by atoms with E-state index in [-0.39, 0.29) is 12.5 Å². The Labute approximate surface area is 114 Å². The summed E-state index contributed by atoms with van der Waals surface area (Å²) >= 11 is 0. The molecule has 1 aliphatic carbocycles. The zero-order valence-corrected chi connectivity index (χ0v) is 11.2. The normalized spacial score (nSPS) is 14.8. The number of nitrogens with one attached hydrogen (secondary N) is 1. The molecule has 0 saturated heterocycles. The van der Waals surface area contributed by atoms with Gasteiger partial charge in [0.2, 0.25) is 0 Å². The number of aliphatic hydroxyl groups is 1. The molecule has 2 N–H and O–H groups in total. The number of carbonyl (C=O) groups is 1. The zero-order chi connectivity index (χ0) is 13.7. The second kappa shape index (κ2) is 6.40. The van der Waals surface area contributed by atoms with Gasteiger partial charge in [-0.2, -0.15) is 0 Å². The summed E-state index contributed by atoms with van der Waals surface area (Å²) in [6.45, 7) is 1.77. The fourth-order valence-electron chi connectivity index (χ4n) is 2.47. The van der Waals surface area contributed by atoms with Gasteiger partial charge in [-0.15, -0.1) is 0 Å². The largest absolute Gasteiger partial charge is 0.384 e. The minimum atomic E-state index is -0.169. The smallest absolute Gasteiger partial charge is 0.251 e. The highest BCUT2D eigenvalue weighted by atomic mass is 16.2. The van der Waals surface area contributed by atoms with Crippen molar-refractivity contribution >= 4 is 5.91 Å². The van der Waals surface area contributed by atoms with Gasteiger partial charge in [-0.25, -0.2) is 0 Å². The van der Waals surface area contributed by atoms with Gasteiger partial charge in [-0.05, 0) is 43.5 Å². The van der Waals surface area contributed by atoms with E-state index in [2.05, 4.69) is 17.2 Å². The van der Waals surface area contributed by atoms with Crippen molar-refractivity contribution in [3.05, 3.63) is 34.9 Å². The predicted molar refractivity (Wildman–Crippen MR) is 74.9 cm³/mol. The number of carbonyl (C=O) groups excluding carboxylic acids is 1. The first-order valence-electron chi connectivity index (χ1n) is 6.71. The molecule has 19 heavy (non-hydrogen) atoms. The number of benzene rings is 1. The lowest BCUT2D eigenvalue weighted by atomic mass is 10.1. The van der Waals surface area contributed by atoms with Crippen LogP contribution in [0.15, 0.2) is 18.2 Å². The molecule has 0 atom stereocenters. The summed E-state index contributed by atoms with van der Waals surface area (Å²) in [4.78, 5) is 12.2. The van der Waals surface area contributed by atoms with Crippen molar-refractivity contribution in [3.8, 4) is 11.8 Å². The molecule has 0 bridgehead atoms. The monoisotopic (exact) mass is 257 g/mol. The molecular formula is C16H19NO2. The molecule has 3 nitrogen and oxygen atoms in total. The SMILES string of the molecule is Cc1cc(C#CCO)cc(C(=O)NC2CCCC2)c1. The van der Waals surface area contributed by atoms with Gasteiger partial charge in [0.15, 0.2) is 0 Å². The summed E-state index contributed by atoms with van der Waals surface area (Å²) in [6.07, 6.45) is 4.56. The van der Waals surface area contributed by atoms with Crippen molar-refractivity contribution in [2.75, 3.05) is 6.61 Å². The lowest BCUT2D eigenvalue weighted by molar-refractivity contribution is 0.0937. The van der Waals surface area contributed by atoms with Gasteiger partial charge in [0.1, 0.15) is 6.61 Å². The summed E-state index contributed by atoms with van der Waals surface area (Å²) in [5, 5.41) is 11.8. The van der Waals surface area contributed by atoms with Crippen LogP contribution in [0.5, 0.6) is 0 Å². The highest BCUT2D eigenvalue weighted by Crippen LogP contribution is 2.18. The Morgan fingerprint density at radius 1 is 1.37 bits per heavy atom. The van der Waals surface area contributed by atoms with E-state index in [0.717, 1.165) is 24.0 Å². The molecule has 1 fully saturated rings. The molecule has 1 amide bonds. The van der Waals surface area contributed by atoms with E-state index in [1.165, 1.54) is 12.8 Å². The molecule has 0 unspecified atom stereocenters. The van der Waals surface area contributed by atoms with Crippen LogP contribution in [0.2, 0.25) is 0 Å². The number of hydrogen-bond acceptors (Lipinski definition) is 2. The van der Waals surface area contributed by atoms with E-state index in [4.69, 9.17) is 5.11 Å². The second-order valence-corrected chi connectivity index (χ2v) is 5.00. The maximum Gasteiger partial charge on any atom is 0.251 e. The van der Waals surface area contributed by atoms with Gasteiger partial charge < -0.3 is 10.4 Å². The molecule has 1 aromatic carbocycles. The van der Waals surface area contributed by atoms with Gasteiger partial charge in [-0.1, -0.05) is 24.7 Å². The van der Waals surface area contributed by atoms with E-state index in [0.29, 0.717) is 11.6 Å². The van der Waals surface area contributed by atoms with E-state index < -0.39 is 0 Å². The second-order valence-electron chi connectivity index (χ2n) is 5.00. The minimum Gasteiger partial charge on any atom is -0.384 e. The van der Waals surface area contributed by atoms with Crippen LogP contribution in [-0.2, 0) is 0 Å². The summed E-state index contributed by atoms with van der Waals surface area (Å²) in [5.74, 6) is 5.42. The van der Waals surface area contributed by atoms with Crippen molar-refractivity contribution < 1.29 is 9.90 Å². The number of aryl methyl sites for hydroxylation is 1. The minimum absolute atomic E-state index is 0.0253. The lowest BCUT2D eigenvalue weighted by Crippen LogP contribution is -2.32. The first-order chi connectivity index (χ1) is 9.19. The van der Waals surface area contributed by atoms with Crippen LogP contribution in [0.4, 0.5) is 0 Å². The van der Waals surface area contributed by atoms with E-state index in [1.807, 2.05) is 19.1 Å². The van der Waals surface area contributed by atoms with Crippen molar-refractivity contribution in [2.45, 2.75) is 38.6 Å². The predicted octanol–water partition coefficient (Wildman–Crippen LogP) is 2.01. The molecule has 0 radical (unpaired) electrons. The van der Waals surface area contributed by atoms with Crippen LogP contribution in [0.3, 0.4) is 0 Å². The molecule has 100 valence electrons. The third-order valence-corrected chi connectivity index (χ3v) is 3.34. The summed E-state index contributed by atoms with van der Waals surface area (Å²) < 4.78 is 0. The van der Waals surface area contributed by atoms with Crippen LogP contribution in [0, 0.1) is 18.8 Å². The van der Waals surface area contributed by atoms with Gasteiger partial charge in [0.05, 0.1) is 0 Å². The fraction of sp³-hybridized carbons (Fsp3) is 0.438. The van der Waals surface area contributed by atoms with Crippen molar-refractivity contribution in [1.29, 1.82) is 0 Å². The van der Waals surface area contributed by atoms with Crippen molar-refractivity contribution in [1.82, 2.24) is 5.32 Å². The number of hydrogen-bond donors (Lipinski definition) is 2. The van der Waals surface area contributed by atoms with E-state index >= 15 is 0 Å². The molecular weight excluding hydrogens is 238 g/mol. The van der Waals surface area contributed by atoms with Crippen molar-refractivity contribution in [3.63, 3.8) is 0 Å². The number of aliphatic hydroxyl groups excluding tert-OH is 1. The summed E-state index contributed by atoms with van der Waals surface area (Å²) in [5.41, 5.74) is 2.42. The quantitative estimate of drug-likeness (QED) is 0.796. The van der Waals surface area contributed by atoms with Crippen LogP contribution in [-0.4, -0.2) is 23.7 Å². The van der Waals surface area contributed by atoms with Crippen LogP contribution < -0.4 is 5.32 Å². The van der Waals surface area contributed by atoms with E-state index in [1.54, 1.807) is 6.07 Å². The molecule has 0 aromatic heterocycles. The maximum absolute atomic E-state index is 12.2. The standard InChI is InChI=1S/C16H19NO2/c1-12-9-13(5-4-8-18)11-14(10-12)16(19)17-15-6-2-3-7-15/h9-11,15,18H,2-3,6-8H2,1H3,(H,17,19). The Morgan fingerprint density at radius 3 is 2.79 bits per heavy atom. The van der Waals surface area contributed by atoms with Gasteiger partial charge in [0.25, 0.3) is 5.91 Å². The average Bonchev–Trinajstić information content (AvgIpc) is 2.88. The van der Waals surface area contributed by atoms with Crippen LogP contribution in [0.1, 0.15) is 47.2 Å². The molecule has 3 heteroatoms. The molecule has 1 aliphatic rings. The van der Waals surface area contributed by atoms with Gasteiger partial charge in [0, 0.05) is 17.2 Å². The van der Waals surface area contributed by atoms with Crippen molar-refractivity contribution in [2.24, 2.45) is 0 Å². The third kappa shape index (κ3) is 3.84. The Balaban J connectivity index is 2.13. The first kappa shape index (κ1) is 13.6. The summed E-state index contributed by atoms with van der Waals surface area (Å²) in [7, 11) is 0. The Morgan fingerprint density at radius 2 is 2.11 bits per heavy atom. The number of amides is 1. The fourth-order valence-corrected chi connectivity index (χ4v) is 2.47. The number of rotatable bonds is 2. The lowest BCUT2D eigenvalue weighted by Gasteiger charge is -2.12. The Hall–Kier alpha value is -1.79. The zero-order valence-electron chi connectivity index (χ0n) is 11.2. The summed E-state index contributed by atoms with van der Waals surface area (Å²) in [6, 6.07) is 5.88. The molecule has 0 aliphatic heterocycles. The average molecular weight is 257 g/mol. The highest BCUT2D eigenvalue weighted by molar-refractivity contribution is 5.95. The van der Waals surface area contributed by atoms with Crippen LogP contribution in [0.25, 0.3) is 0 Å². The molecule has 1 saturated carbocycles. The van der Waals surface area contributed by atoms with Crippen LogP contribution >= 0.6 is 0 Å². The molecule has 0 heterocycles.